The zero-order valence-electron chi connectivity index (χ0n) is 19.8. The lowest BCUT2D eigenvalue weighted by atomic mass is 9.95. The predicted octanol–water partition coefficient (Wildman–Crippen LogP) is 2.03. The number of nitrogens with one attached hydrogen (secondary N) is 2. The molecule has 2 heterocycles. The Bertz CT molecular complexity index is 914. The summed E-state index contributed by atoms with van der Waals surface area (Å²) >= 11 is 0. The van der Waals surface area contributed by atoms with Gasteiger partial charge >= 0.3 is 18.1 Å². The van der Waals surface area contributed by atoms with E-state index >= 15 is 0 Å². The Labute approximate surface area is 193 Å². The molecule has 10 nitrogen and oxygen atoms in total. The monoisotopic (exact) mass is 460 g/mol. The number of urea groups is 1. The largest absolute Gasteiger partial charge is 0.497 e. The molecule has 0 aromatic heterocycles. The molecule has 3 amide bonds. The summed E-state index contributed by atoms with van der Waals surface area (Å²) in [6.07, 6.45) is -0.341. The minimum Gasteiger partial charge on any atom is -0.497 e. The van der Waals surface area contributed by atoms with E-state index in [4.69, 9.17) is 14.2 Å². The summed E-state index contributed by atoms with van der Waals surface area (Å²) in [6, 6.07) is 6.09. The molecule has 33 heavy (non-hydrogen) atoms. The van der Waals surface area contributed by atoms with Gasteiger partial charge in [-0.3, -0.25) is 4.90 Å². The van der Waals surface area contributed by atoms with Gasteiger partial charge in [0.25, 0.3) is 0 Å². The normalized spacial score (nSPS) is 19.5. The van der Waals surface area contributed by atoms with Gasteiger partial charge in [0, 0.05) is 38.4 Å². The molecule has 1 aromatic rings. The van der Waals surface area contributed by atoms with E-state index in [2.05, 4.69) is 15.5 Å². The lowest BCUT2D eigenvalue weighted by Gasteiger charge is -2.37. The van der Waals surface area contributed by atoms with Gasteiger partial charge < -0.3 is 29.7 Å². The Kier molecular flexibility index (Phi) is 7.47. The minimum absolute atomic E-state index is 0.340. The van der Waals surface area contributed by atoms with Crippen molar-refractivity contribution in [3.63, 3.8) is 0 Å². The minimum atomic E-state index is -0.657. The summed E-state index contributed by atoms with van der Waals surface area (Å²) in [5.74, 6) is 0.149. The van der Waals surface area contributed by atoms with Gasteiger partial charge in [0.05, 0.1) is 25.8 Å². The van der Waals surface area contributed by atoms with Crippen molar-refractivity contribution >= 4 is 18.1 Å². The van der Waals surface area contributed by atoms with Crippen LogP contribution >= 0.6 is 0 Å². The van der Waals surface area contributed by atoms with Crippen LogP contribution in [0.25, 0.3) is 0 Å². The number of methoxy groups -OCH3 is 2. The summed E-state index contributed by atoms with van der Waals surface area (Å²) in [5, 5.41) is 5.58. The molecule has 0 spiro atoms. The van der Waals surface area contributed by atoms with E-state index in [-0.39, 0.29) is 6.09 Å². The molecule has 1 fully saturated rings. The molecule has 0 aliphatic carbocycles. The summed E-state index contributed by atoms with van der Waals surface area (Å²) in [6.45, 7) is 7.98. The van der Waals surface area contributed by atoms with Crippen LogP contribution in [0, 0.1) is 0 Å². The summed E-state index contributed by atoms with van der Waals surface area (Å²) in [4.78, 5) is 41.2. The van der Waals surface area contributed by atoms with Gasteiger partial charge in [-0.15, -0.1) is 0 Å². The second-order valence-electron chi connectivity index (χ2n) is 8.93. The Morgan fingerprint density at radius 3 is 2.24 bits per heavy atom. The van der Waals surface area contributed by atoms with Crippen LogP contribution in [0.15, 0.2) is 35.5 Å². The van der Waals surface area contributed by atoms with Crippen LogP contribution < -0.4 is 15.4 Å². The fraction of sp³-hybridized carbons (Fsp3) is 0.522. The molecule has 2 aliphatic rings. The van der Waals surface area contributed by atoms with Crippen molar-refractivity contribution in [2.45, 2.75) is 32.4 Å². The molecule has 2 aliphatic heterocycles. The average molecular weight is 461 g/mol. The molecule has 1 atom stereocenters. The highest BCUT2D eigenvalue weighted by Crippen LogP contribution is 2.29. The number of amides is 3. The first kappa shape index (κ1) is 24.4. The van der Waals surface area contributed by atoms with Gasteiger partial charge in [-0.05, 0) is 38.5 Å². The Hall–Kier alpha value is -3.27. The van der Waals surface area contributed by atoms with E-state index in [1.165, 1.54) is 7.11 Å². The van der Waals surface area contributed by atoms with Gasteiger partial charge in [0.1, 0.15) is 11.4 Å². The zero-order valence-corrected chi connectivity index (χ0v) is 19.8. The smallest absolute Gasteiger partial charge is 0.410 e. The van der Waals surface area contributed by atoms with E-state index in [1.54, 1.807) is 36.3 Å². The SMILES string of the molecule is COC(=O)C1=C(CN2CCN(C(=O)OC(C)(C)C)CC2)NC(=O)N[C@H]1c1ccc(OC)cc1. The number of carbonyl (C=O) groups excluding carboxylic acids is 3. The number of ether oxygens (including phenoxy) is 3. The molecule has 10 heteroatoms. The summed E-state index contributed by atoms with van der Waals surface area (Å²) < 4.78 is 15.7. The average Bonchev–Trinajstić information content (AvgIpc) is 2.77. The van der Waals surface area contributed by atoms with Crippen molar-refractivity contribution < 1.29 is 28.6 Å². The maximum Gasteiger partial charge on any atom is 0.410 e. The fourth-order valence-electron chi connectivity index (χ4n) is 3.78. The fourth-order valence-corrected chi connectivity index (χ4v) is 3.78. The number of rotatable bonds is 5. The van der Waals surface area contributed by atoms with E-state index in [0.717, 1.165) is 5.56 Å². The van der Waals surface area contributed by atoms with Gasteiger partial charge in [-0.2, -0.15) is 0 Å². The van der Waals surface area contributed by atoms with E-state index in [0.29, 0.717) is 49.7 Å². The molecule has 2 N–H and O–H groups in total. The molecule has 3 rings (SSSR count). The van der Waals surface area contributed by atoms with E-state index in [9.17, 15) is 14.4 Å². The standard InChI is InChI=1S/C23H32N4O6/c1-23(2,3)33-22(30)27-12-10-26(11-13-27)14-17-18(20(28)32-5)19(25-21(29)24-17)15-6-8-16(31-4)9-7-15/h6-9,19H,10-14H2,1-5H3,(H2,24,25,29)/t19-/m0/s1. The van der Waals surface area contributed by atoms with Crippen LogP contribution in [-0.4, -0.2) is 80.4 Å². The Balaban J connectivity index is 1.77. The number of nitrogens with zero attached hydrogens (tertiary/aromatic N) is 2. The second-order valence-corrected chi connectivity index (χ2v) is 8.93. The molecular formula is C23H32N4O6. The van der Waals surface area contributed by atoms with Crippen LogP contribution in [-0.2, 0) is 14.3 Å². The highest BCUT2D eigenvalue weighted by molar-refractivity contribution is 5.95. The van der Waals surface area contributed by atoms with Crippen LogP contribution in [0.4, 0.5) is 9.59 Å². The van der Waals surface area contributed by atoms with Crippen LogP contribution in [0.3, 0.4) is 0 Å². The lowest BCUT2D eigenvalue weighted by molar-refractivity contribution is -0.136. The summed E-state index contributed by atoms with van der Waals surface area (Å²) in [5.41, 5.74) is 1.01. The van der Waals surface area contributed by atoms with Crippen molar-refractivity contribution in [2.24, 2.45) is 0 Å². The van der Waals surface area contributed by atoms with Gasteiger partial charge in [0.2, 0.25) is 0 Å². The van der Waals surface area contributed by atoms with Crippen molar-refractivity contribution in [3.8, 4) is 5.75 Å². The Morgan fingerprint density at radius 2 is 1.70 bits per heavy atom. The molecule has 1 aromatic carbocycles. The van der Waals surface area contributed by atoms with Crippen molar-refractivity contribution in [1.82, 2.24) is 20.4 Å². The third kappa shape index (κ3) is 6.16. The quantitative estimate of drug-likeness (QED) is 0.647. The third-order valence-electron chi connectivity index (χ3n) is 5.41. The number of hydrogen-bond acceptors (Lipinski definition) is 7. The molecule has 0 radical (unpaired) electrons. The topological polar surface area (TPSA) is 109 Å². The number of hydrogen-bond donors (Lipinski definition) is 2. The lowest BCUT2D eigenvalue weighted by Crippen LogP contribution is -2.53. The van der Waals surface area contributed by atoms with Crippen molar-refractivity contribution in [2.75, 3.05) is 46.9 Å². The maximum absolute atomic E-state index is 12.7. The molecule has 0 unspecified atom stereocenters. The molecule has 0 saturated carbocycles. The van der Waals surface area contributed by atoms with Gasteiger partial charge in [-0.25, -0.2) is 14.4 Å². The number of carbonyl (C=O) groups is 3. The summed E-state index contributed by atoms with van der Waals surface area (Å²) in [7, 11) is 2.88. The first-order chi connectivity index (χ1) is 15.6. The third-order valence-corrected chi connectivity index (χ3v) is 5.41. The van der Waals surface area contributed by atoms with Gasteiger partial charge in [0.15, 0.2) is 0 Å². The molecular weight excluding hydrogens is 428 g/mol. The Morgan fingerprint density at radius 1 is 1.06 bits per heavy atom. The predicted molar refractivity (Wildman–Crippen MR) is 121 cm³/mol. The van der Waals surface area contributed by atoms with Crippen LogP contribution in [0.5, 0.6) is 5.75 Å². The second kappa shape index (κ2) is 10.1. The highest BCUT2D eigenvalue weighted by atomic mass is 16.6. The maximum atomic E-state index is 12.7. The molecule has 1 saturated heterocycles. The van der Waals surface area contributed by atoms with Gasteiger partial charge in [-0.1, -0.05) is 12.1 Å². The van der Waals surface area contributed by atoms with Crippen LogP contribution in [0.2, 0.25) is 0 Å². The highest BCUT2D eigenvalue weighted by Gasteiger charge is 2.35. The first-order valence-electron chi connectivity index (χ1n) is 10.8. The van der Waals surface area contributed by atoms with E-state index < -0.39 is 23.6 Å². The number of piperazine rings is 1. The van der Waals surface area contributed by atoms with E-state index in [1.807, 2.05) is 20.8 Å². The number of esters is 1. The van der Waals surface area contributed by atoms with Crippen LogP contribution in [0.1, 0.15) is 32.4 Å². The molecule has 0 bridgehead atoms. The first-order valence-corrected chi connectivity index (χ1v) is 10.8. The van der Waals surface area contributed by atoms with Crippen molar-refractivity contribution in [3.05, 3.63) is 41.1 Å². The zero-order chi connectivity index (χ0) is 24.2. The molecule has 180 valence electrons. The van der Waals surface area contributed by atoms with Crippen molar-refractivity contribution in [1.29, 1.82) is 0 Å². The number of benzene rings is 1.